The highest BCUT2D eigenvalue weighted by atomic mass is 32.1. The maximum Gasteiger partial charge on any atom is -0.00979 e. The third-order valence-corrected chi connectivity index (χ3v) is 4.06. The van der Waals surface area contributed by atoms with Crippen LogP contribution in [0.5, 0.6) is 0 Å². The van der Waals surface area contributed by atoms with Crippen molar-refractivity contribution in [3.63, 3.8) is 0 Å². The van der Waals surface area contributed by atoms with Gasteiger partial charge in [0.2, 0.25) is 0 Å². The van der Waals surface area contributed by atoms with Crippen LogP contribution in [0, 0.1) is 5.92 Å². The van der Waals surface area contributed by atoms with Gasteiger partial charge in [-0.15, -0.1) is 0 Å². The van der Waals surface area contributed by atoms with E-state index >= 15 is 0 Å². The second-order valence-electron chi connectivity index (χ2n) is 5.14. The third-order valence-electron chi connectivity index (χ3n) is 3.75. The van der Waals surface area contributed by atoms with E-state index in [1.807, 2.05) is 0 Å². The van der Waals surface area contributed by atoms with Crippen molar-refractivity contribution in [1.29, 1.82) is 0 Å². The first kappa shape index (κ1) is 13.4. The first-order valence-electron chi connectivity index (χ1n) is 7.04. The lowest BCUT2D eigenvalue weighted by Gasteiger charge is -2.19. The van der Waals surface area contributed by atoms with Crippen LogP contribution in [0.4, 0.5) is 0 Å². The van der Waals surface area contributed by atoms with Crippen LogP contribution < -0.4 is 0 Å². The van der Waals surface area contributed by atoms with Crippen LogP contribution in [0.2, 0.25) is 0 Å². The summed E-state index contributed by atoms with van der Waals surface area (Å²) >= 11 is 4.25. The highest BCUT2D eigenvalue weighted by Gasteiger charge is 2.10. The van der Waals surface area contributed by atoms with Gasteiger partial charge in [-0.05, 0) is 18.1 Å². The van der Waals surface area contributed by atoms with Crippen molar-refractivity contribution in [1.82, 2.24) is 0 Å². The van der Waals surface area contributed by atoms with Gasteiger partial charge in [0, 0.05) is 0 Å². The van der Waals surface area contributed by atoms with Gasteiger partial charge in [0.05, 0.1) is 0 Å². The van der Waals surface area contributed by atoms with E-state index in [2.05, 4.69) is 12.6 Å². The molecule has 0 aromatic heterocycles. The van der Waals surface area contributed by atoms with Crippen LogP contribution in [0.3, 0.4) is 0 Å². The van der Waals surface area contributed by atoms with E-state index in [1.165, 1.54) is 77.0 Å². The van der Waals surface area contributed by atoms with E-state index in [0.717, 1.165) is 11.7 Å². The Hall–Kier alpha value is 0.350. The predicted molar refractivity (Wildman–Crippen MR) is 72.7 cm³/mol. The Bertz CT molecular complexity index is 125. The number of rotatable bonds is 6. The van der Waals surface area contributed by atoms with Crippen LogP contribution in [0.1, 0.15) is 77.0 Å². The van der Waals surface area contributed by atoms with Crippen LogP contribution in [0.25, 0.3) is 0 Å². The Labute approximate surface area is 102 Å². The summed E-state index contributed by atoms with van der Waals surface area (Å²) in [5, 5.41) is 0. The van der Waals surface area contributed by atoms with Crippen molar-refractivity contribution in [3.05, 3.63) is 0 Å². The van der Waals surface area contributed by atoms with Gasteiger partial charge in [0.15, 0.2) is 0 Å². The lowest BCUT2D eigenvalue weighted by atomic mass is 9.87. The van der Waals surface area contributed by atoms with Gasteiger partial charge in [0.25, 0.3) is 0 Å². The summed E-state index contributed by atoms with van der Waals surface area (Å²) in [4.78, 5) is 0. The Kier molecular flexibility index (Phi) is 8.56. The molecule has 1 fully saturated rings. The zero-order valence-corrected chi connectivity index (χ0v) is 11.1. The van der Waals surface area contributed by atoms with Gasteiger partial charge in [-0.1, -0.05) is 70.6 Å². The molecule has 0 saturated heterocycles. The lowest BCUT2D eigenvalue weighted by molar-refractivity contribution is 0.347. The Morgan fingerprint density at radius 2 is 1.33 bits per heavy atom. The molecule has 1 saturated carbocycles. The minimum Gasteiger partial charge on any atom is -0.179 e. The summed E-state index contributed by atoms with van der Waals surface area (Å²) in [5.74, 6) is 2.14. The SMILES string of the molecule is SCCCCCCC1CCCCCCC1. The summed E-state index contributed by atoms with van der Waals surface area (Å²) in [7, 11) is 0. The fraction of sp³-hybridized carbons (Fsp3) is 1.00. The molecule has 0 bridgehead atoms. The van der Waals surface area contributed by atoms with Crippen molar-refractivity contribution in [2.75, 3.05) is 5.75 Å². The molecule has 0 aromatic rings. The van der Waals surface area contributed by atoms with Crippen LogP contribution >= 0.6 is 12.6 Å². The summed E-state index contributed by atoms with van der Waals surface area (Å²) in [5.41, 5.74) is 0. The molecule has 1 aliphatic rings. The Morgan fingerprint density at radius 1 is 0.733 bits per heavy atom. The van der Waals surface area contributed by atoms with Crippen LogP contribution in [0.15, 0.2) is 0 Å². The number of thiol groups is 1. The second kappa shape index (κ2) is 9.57. The molecule has 90 valence electrons. The molecule has 15 heavy (non-hydrogen) atoms. The fourth-order valence-electron chi connectivity index (χ4n) is 2.73. The molecule has 1 rings (SSSR count). The maximum atomic E-state index is 4.25. The molecule has 0 aliphatic heterocycles. The average molecular weight is 228 g/mol. The quantitative estimate of drug-likeness (QED) is 0.467. The molecule has 0 aromatic carbocycles. The number of unbranched alkanes of at least 4 members (excludes halogenated alkanes) is 3. The molecule has 0 nitrogen and oxygen atoms in total. The van der Waals surface area contributed by atoms with E-state index in [1.54, 1.807) is 0 Å². The fourth-order valence-corrected chi connectivity index (χ4v) is 2.95. The summed E-state index contributed by atoms with van der Waals surface area (Å²) < 4.78 is 0. The van der Waals surface area contributed by atoms with E-state index in [0.29, 0.717) is 0 Å². The van der Waals surface area contributed by atoms with E-state index in [-0.39, 0.29) is 0 Å². The molecule has 1 aliphatic carbocycles. The summed E-state index contributed by atoms with van der Waals surface area (Å²) in [6.07, 6.45) is 17.7. The lowest BCUT2D eigenvalue weighted by Crippen LogP contribution is -2.03. The molecule has 0 N–H and O–H groups in total. The number of hydrogen-bond donors (Lipinski definition) is 1. The van der Waals surface area contributed by atoms with Crippen LogP contribution in [-0.2, 0) is 0 Å². The van der Waals surface area contributed by atoms with Gasteiger partial charge < -0.3 is 0 Å². The number of hydrogen-bond acceptors (Lipinski definition) is 1. The third kappa shape index (κ3) is 7.27. The Balaban J connectivity index is 1.97. The van der Waals surface area contributed by atoms with Gasteiger partial charge in [-0.2, -0.15) is 12.6 Å². The first-order valence-corrected chi connectivity index (χ1v) is 7.67. The molecule has 1 heteroatoms. The monoisotopic (exact) mass is 228 g/mol. The zero-order chi connectivity index (χ0) is 10.8. The van der Waals surface area contributed by atoms with Gasteiger partial charge >= 0.3 is 0 Å². The van der Waals surface area contributed by atoms with E-state index in [9.17, 15) is 0 Å². The van der Waals surface area contributed by atoms with E-state index < -0.39 is 0 Å². The van der Waals surface area contributed by atoms with E-state index in [4.69, 9.17) is 0 Å². The summed E-state index contributed by atoms with van der Waals surface area (Å²) in [6.45, 7) is 0. The second-order valence-corrected chi connectivity index (χ2v) is 5.58. The molecule has 0 unspecified atom stereocenters. The zero-order valence-electron chi connectivity index (χ0n) is 10.2. The molecule has 0 atom stereocenters. The molecular formula is C14H28S. The normalized spacial score (nSPS) is 19.8. The smallest absolute Gasteiger partial charge is 0.00979 e. The van der Waals surface area contributed by atoms with Gasteiger partial charge in [-0.3, -0.25) is 0 Å². The average Bonchev–Trinajstić information content (AvgIpc) is 2.20. The topological polar surface area (TPSA) is 0 Å². The molecule has 0 spiro atoms. The standard InChI is InChI=1S/C14H28S/c15-13-9-5-4-8-12-14-10-6-2-1-3-7-11-14/h14-15H,1-13H2. The highest BCUT2D eigenvalue weighted by molar-refractivity contribution is 7.80. The van der Waals surface area contributed by atoms with Crippen molar-refractivity contribution in [2.45, 2.75) is 77.0 Å². The van der Waals surface area contributed by atoms with Crippen molar-refractivity contribution < 1.29 is 0 Å². The largest absolute Gasteiger partial charge is 0.179 e. The first-order chi connectivity index (χ1) is 7.43. The predicted octanol–water partition coefficient (Wildman–Crippen LogP) is 5.23. The van der Waals surface area contributed by atoms with Crippen molar-refractivity contribution in [2.24, 2.45) is 5.92 Å². The minimum absolute atomic E-state index is 1.07. The van der Waals surface area contributed by atoms with Crippen molar-refractivity contribution >= 4 is 12.6 Å². The Morgan fingerprint density at radius 3 is 2.00 bits per heavy atom. The van der Waals surface area contributed by atoms with Crippen LogP contribution in [-0.4, -0.2) is 5.75 Å². The maximum absolute atomic E-state index is 4.25. The molecule has 0 amide bonds. The highest BCUT2D eigenvalue weighted by Crippen LogP contribution is 2.26. The van der Waals surface area contributed by atoms with Crippen molar-refractivity contribution in [3.8, 4) is 0 Å². The molecular weight excluding hydrogens is 200 g/mol. The molecule has 0 heterocycles. The van der Waals surface area contributed by atoms with Gasteiger partial charge in [0.1, 0.15) is 0 Å². The molecule has 0 radical (unpaired) electrons. The summed E-state index contributed by atoms with van der Waals surface area (Å²) in [6, 6.07) is 0. The minimum atomic E-state index is 1.07. The van der Waals surface area contributed by atoms with Gasteiger partial charge in [-0.25, -0.2) is 0 Å².